The normalized spacial score (nSPS) is 14.6. The van der Waals surface area contributed by atoms with E-state index in [4.69, 9.17) is 52.6 Å². The van der Waals surface area contributed by atoms with E-state index in [0.717, 1.165) is 36.4 Å². The summed E-state index contributed by atoms with van der Waals surface area (Å²) >= 11 is 0. The number of nitrogens with zero attached hydrogens (tertiary/aromatic N) is 16. The van der Waals surface area contributed by atoms with Crippen LogP contribution in [0.3, 0.4) is 0 Å². The molecular formula is C110H36F16N16O2. The lowest BCUT2D eigenvalue weighted by Crippen LogP contribution is -2.17. The van der Waals surface area contributed by atoms with Crippen LogP contribution in [-0.4, -0.2) is 12.7 Å². The highest BCUT2D eigenvalue weighted by Gasteiger charge is 2.48. The molecule has 0 saturated heterocycles. The predicted molar refractivity (Wildman–Crippen MR) is 491 cm³/mol. The maximum absolute atomic E-state index is 15.3. The predicted octanol–water partition coefficient (Wildman–Crippen LogP) is 29.4. The molecule has 0 N–H and O–H groups in total. The second-order valence-corrected chi connectivity index (χ2v) is 31.3. The average Bonchev–Trinajstić information content (AvgIpc) is 1.54. The Bertz CT molecular complexity index is 8420. The second kappa shape index (κ2) is 37.0. The Kier molecular flexibility index (Phi) is 24.6. The molecule has 0 unspecified atom stereocenters. The molecule has 12 aromatic rings. The van der Waals surface area contributed by atoms with Gasteiger partial charge in [-0.25, -0.2) is 114 Å². The monoisotopic (exact) mass is 1920 g/mol. The van der Waals surface area contributed by atoms with Crippen molar-refractivity contribution in [2.24, 2.45) is 0 Å². The lowest BCUT2D eigenvalue weighted by molar-refractivity contribution is -0.275. The van der Waals surface area contributed by atoms with Gasteiger partial charge in [0.25, 0.3) is 34.2 Å². The molecule has 0 radical (unpaired) electrons. The molecule has 18 rings (SSSR count). The van der Waals surface area contributed by atoms with E-state index in [1.807, 2.05) is 24.3 Å². The smallest absolute Gasteiger partial charge is 0.406 e. The molecule has 0 fully saturated rings. The lowest BCUT2D eigenvalue weighted by Gasteiger charge is -2.19. The number of alkyl halides is 6. The molecule has 34 heteroatoms. The van der Waals surface area contributed by atoms with Crippen LogP contribution in [0.5, 0.6) is 11.5 Å². The van der Waals surface area contributed by atoms with E-state index >= 15 is 17.6 Å². The summed E-state index contributed by atoms with van der Waals surface area (Å²) in [6.45, 7) is 65.2. The number of rotatable bonds is 8. The van der Waals surface area contributed by atoms with E-state index in [1.165, 1.54) is 36.4 Å². The molecule has 0 aliphatic heterocycles. The number of halogens is 16. The largest absolute Gasteiger partial charge is 0.573 e. The van der Waals surface area contributed by atoms with Gasteiger partial charge in [0.1, 0.15) is 11.5 Å². The first-order valence-electron chi connectivity index (χ1n) is 40.8. The van der Waals surface area contributed by atoms with Crippen LogP contribution in [0.1, 0.15) is 89.0 Å². The number of allylic oxidation sites excluding steroid dienone is 18. The first kappa shape index (κ1) is 95.8. The van der Waals surface area contributed by atoms with E-state index in [2.05, 4.69) is 60.4 Å². The van der Waals surface area contributed by atoms with Crippen LogP contribution in [0.2, 0.25) is 0 Å². The van der Waals surface area contributed by atoms with Gasteiger partial charge in [0.05, 0.1) is 112 Å². The Morgan fingerprint density at radius 1 is 0.250 bits per heavy atom. The molecule has 0 atom stereocenters. The minimum Gasteiger partial charge on any atom is -0.406 e. The zero-order chi connectivity index (χ0) is 104. The Hall–Kier alpha value is -21.4. The number of ether oxygens (including phenoxy) is 2. The average molecular weight is 1920 g/mol. The van der Waals surface area contributed by atoms with E-state index in [1.54, 1.807) is 135 Å². The number of fused-ring (bicyclic) bond motifs is 12. The van der Waals surface area contributed by atoms with Gasteiger partial charge >= 0.3 is 12.7 Å². The quantitative estimate of drug-likeness (QED) is 0.0458. The van der Waals surface area contributed by atoms with Gasteiger partial charge in [0, 0.05) is 44.6 Å². The molecule has 680 valence electrons. The van der Waals surface area contributed by atoms with Gasteiger partial charge in [-0.3, -0.25) is 0 Å². The molecule has 6 aliphatic rings. The summed E-state index contributed by atoms with van der Waals surface area (Å²) in [6, 6.07) is 59.3. The SMILES string of the molecule is [C-]#[N+]/C(C#N)=C1C2=C(/C(=C(\C#N)[N+]#[C-])c3cccc(-c4cc(C#N)cc([N+]#[C-])c4)c32)c2c\1cccc2-c1cc(C#N)cc([N+]#[C-])c1.[C-]#[N+]/C(C#N)=C1C2=C(/C(=C(\C#N)[N+]#[C-])c3cccc(-c4cc(C)cc(OC(F)(F)F)c4)c32)c2c\1cccc2-c1cc(C)cc(OC(F)(F)F)c1.[C-]#[N+]\C(C#N)=C1/C2=C(\C(=C(/C#N)[N+]#[C-])c3cccc(-c4c(F)c(F)c(F)c(F)c4F)c32)c2c1cccc2-c1c(F)c(F)c(F)c(F)c1F. The molecule has 18 nitrogen and oxygen atoms in total. The van der Waals surface area contributed by atoms with Crippen molar-refractivity contribution in [1.82, 2.24) is 0 Å². The molecule has 0 heterocycles. The topological polar surface area (TPSA) is 244 Å². The van der Waals surface area contributed by atoms with Crippen LogP contribution in [0, 0.1) is 215 Å². The van der Waals surface area contributed by atoms with Gasteiger partial charge < -0.3 is 9.47 Å². The van der Waals surface area contributed by atoms with Gasteiger partial charge in [0.2, 0.25) is 11.6 Å². The number of nitriles is 8. The minimum absolute atomic E-state index is 0.138. The summed E-state index contributed by atoms with van der Waals surface area (Å²) in [4.78, 5) is 27.4. The van der Waals surface area contributed by atoms with Gasteiger partial charge in [-0.15, -0.1) is 26.3 Å². The summed E-state index contributed by atoms with van der Waals surface area (Å²) in [5.41, 5.74) is 0.918. The molecular weight excluding hydrogens is 1880 g/mol. The van der Waals surface area contributed by atoms with Gasteiger partial charge in [-0.1, -0.05) is 121 Å². The second-order valence-electron chi connectivity index (χ2n) is 31.3. The minimum atomic E-state index is -4.98. The van der Waals surface area contributed by atoms with Crippen LogP contribution in [0.25, 0.3) is 172 Å². The number of hydrogen-bond acceptors (Lipinski definition) is 10. The Morgan fingerprint density at radius 2 is 0.451 bits per heavy atom. The van der Waals surface area contributed by atoms with Crippen molar-refractivity contribution >= 4 is 78.3 Å². The van der Waals surface area contributed by atoms with E-state index in [0.29, 0.717) is 111 Å². The maximum Gasteiger partial charge on any atom is 0.573 e. The maximum atomic E-state index is 15.3. The van der Waals surface area contributed by atoms with Crippen molar-refractivity contribution in [3.05, 3.63) is 455 Å². The number of hydrogen-bond donors (Lipinski definition) is 0. The number of benzene rings is 12. The van der Waals surface area contributed by atoms with Crippen LogP contribution >= 0.6 is 0 Å². The highest BCUT2D eigenvalue weighted by molar-refractivity contribution is 6.42. The fraction of sp³-hybridized carbons (Fsp3) is 0.0364. The van der Waals surface area contributed by atoms with Crippen molar-refractivity contribution in [1.29, 1.82) is 42.1 Å². The van der Waals surface area contributed by atoms with Gasteiger partial charge in [0.15, 0.2) is 57.9 Å². The Balaban J connectivity index is 0.000000155. The van der Waals surface area contributed by atoms with Gasteiger partial charge in [-0.05, 0) is 241 Å². The van der Waals surface area contributed by atoms with Crippen LogP contribution in [0.4, 0.5) is 81.6 Å². The van der Waals surface area contributed by atoms with Crippen molar-refractivity contribution in [2.75, 3.05) is 0 Å². The van der Waals surface area contributed by atoms with Crippen molar-refractivity contribution in [2.45, 2.75) is 26.6 Å². The summed E-state index contributed by atoms with van der Waals surface area (Å²) in [6.07, 6.45) is -9.96. The third-order valence-corrected chi connectivity index (χ3v) is 23.6. The fourth-order valence-electron chi connectivity index (χ4n) is 18.6. The summed E-state index contributed by atoms with van der Waals surface area (Å²) in [5, 5.41) is 80.0. The Morgan fingerprint density at radius 3 is 0.653 bits per heavy atom. The summed E-state index contributed by atoms with van der Waals surface area (Å²) in [5.74, 6) is -24.4. The van der Waals surface area contributed by atoms with Crippen LogP contribution < -0.4 is 9.47 Å². The molecule has 6 aliphatic carbocycles. The molecule has 0 aromatic heterocycles. The molecule has 0 saturated carbocycles. The lowest BCUT2D eigenvalue weighted by atomic mass is 9.85. The highest BCUT2D eigenvalue weighted by atomic mass is 19.4. The van der Waals surface area contributed by atoms with Crippen molar-refractivity contribution < 1.29 is 79.7 Å². The van der Waals surface area contributed by atoms with E-state index in [-0.39, 0.29) is 89.8 Å². The van der Waals surface area contributed by atoms with Crippen molar-refractivity contribution in [3.63, 3.8) is 0 Å². The van der Waals surface area contributed by atoms with E-state index < -0.39 is 149 Å². The molecule has 144 heavy (non-hydrogen) atoms. The molecule has 0 bridgehead atoms. The number of aryl methyl sites for hydroxylation is 2. The summed E-state index contributed by atoms with van der Waals surface area (Å²) < 4.78 is 235. The Labute approximate surface area is 804 Å². The van der Waals surface area contributed by atoms with E-state index in [9.17, 15) is 94.8 Å². The van der Waals surface area contributed by atoms with Crippen molar-refractivity contribution in [3.8, 4) is 127 Å². The molecule has 12 aromatic carbocycles. The highest BCUT2D eigenvalue weighted by Crippen LogP contribution is 2.67. The fourth-order valence-corrected chi connectivity index (χ4v) is 18.6. The zero-order valence-corrected chi connectivity index (χ0v) is 72.3. The first-order chi connectivity index (χ1) is 69.0. The zero-order valence-electron chi connectivity index (χ0n) is 72.3. The molecule has 0 amide bonds. The standard InChI is InChI=1S/C38H18F6N4O2.C38H12N8.C34H6F10N4/c1-19-11-21(15-23(13-19)49-37(39,40)41)25-7-5-9-27-31(25)35-34(30(18-46)48-4)28-10-6-8-26(32(28)36(35)33(27)29(17-45)47-3)22-12-20(2)14-24(16-22)50-38(42,43)44;1-43-25-13-21(17-39)11-23(15-25)27-7-5-9-29-33(27)37-36(32(20-42)46-4)30-10-6-8-28(24-12-22(18-40)14-26(16-24)44-2)34(30)38(37)35(29)31(19-41)45-3;1-47-15(9-45)19-11-5-3-7-13(21-25(35)29(39)33(43)30(40)26(21)36)17(11)24-20(16(10-46)48-2)12-6-4-8-14(18(12)23(19)24)22-27(37)31(41)34(44)32(42)28(22)38/h5-16H,1-2H3;5-16H;3-8H/b33-29-,34-30+;35-31-,36-32+;19-15-,20-16+. The van der Waals surface area contributed by atoms with Crippen LogP contribution in [-0.2, 0) is 0 Å². The van der Waals surface area contributed by atoms with Crippen LogP contribution in [0.15, 0.2) is 216 Å². The first-order valence-corrected chi connectivity index (χ1v) is 40.8. The third-order valence-electron chi connectivity index (χ3n) is 23.6. The van der Waals surface area contributed by atoms with Gasteiger partial charge in [-0.2, -0.15) is 10.5 Å². The summed E-state index contributed by atoms with van der Waals surface area (Å²) in [7, 11) is 0. The third kappa shape index (κ3) is 15.6. The molecule has 0 spiro atoms.